The average molecular weight is 420 g/mol. The second-order valence-electron chi connectivity index (χ2n) is 6.31. The first-order valence-corrected chi connectivity index (χ1v) is 10.2. The molecule has 3 rings (SSSR count). The van der Waals surface area contributed by atoms with E-state index in [1.165, 1.54) is 0 Å². The summed E-state index contributed by atoms with van der Waals surface area (Å²) in [7, 11) is 1.56. The predicted molar refractivity (Wildman–Crippen MR) is 115 cm³/mol. The van der Waals surface area contributed by atoms with E-state index in [1.54, 1.807) is 31.4 Å². The van der Waals surface area contributed by atoms with E-state index < -0.39 is 5.56 Å². The monoisotopic (exact) mass is 420 g/mol. The number of benzene rings is 2. The van der Waals surface area contributed by atoms with Gasteiger partial charge in [-0.05, 0) is 36.2 Å². The summed E-state index contributed by atoms with van der Waals surface area (Å²) in [5.41, 5.74) is 1.43. The smallest absolute Gasteiger partial charge is 0.270 e. The van der Waals surface area contributed by atoms with Gasteiger partial charge in [-0.15, -0.1) is 0 Å². The second-order valence-corrected chi connectivity index (χ2v) is 7.27. The Hall–Kier alpha value is -3.57. The number of amides is 1. The normalized spacial score (nSPS) is 10.3. The second kappa shape index (κ2) is 10.3. The highest BCUT2D eigenvalue weighted by Gasteiger charge is 2.14. The van der Waals surface area contributed by atoms with Gasteiger partial charge in [0.25, 0.3) is 5.56 Å². The molecule has 0 bridgehead atoms. The minimum absolute atomic E-state index is 0.0724. The summed E-state index contributed by atoms with van der Waals surface area (Å²) in [5.74, 6) is 0.601. The van der Waals surface area contributed by atoms with E-state index in [1.807, 2.05) is 36.4 Å². The van der Waals surface area contributed by atoms with Crippen LogP contribution in [0.1, 0.15) is 11.1 Å². The molecule has 1 heterocycles. The van der Waals surface area contributed by atoms with E-state index in [4.69, 9.17) is 4.74 Å². The fourth-order valence-corrected chi connectivity index (χ4v) is 3.45. The Morgan fingerprint density at radius 3 is 2.60 bits per heavy atom. The van der Waals surface area contributed by atoms with E-state index in [-0.39, 0.29) is 28.1 Å². The van der Waals surface area contributed by atoms with Gasteiger partial charge >= 0.3 is 0 Å². The lowest BCUT2D eigenvalue weighted by Gasteiger charge is -2.08. The van der Waals surface area contributed by atoms with E-state index in [2.05, 4.69) is 15.3 Å². The summed E-state index contributed by atoms with van der Waals surface area (Å²) < 4.78 is 5.13. The number of aromatic nitrogens is 2. The molecule has 2 N–H and O–H groups in total. The Labute approximate surface area is 178 Å². The van der Waals surface area contributed by atoms with Gasteiger partial charge in [0.2, 0.25) is 5.91 Å². The van der Waals surface area contributed by atoms with Gasteiger partial charge < -0.3 is 15.0 Å². The lowest BCUT2D eigenvalue weighted by molar-refractivity contribution is -0.118. The number of rotatable bonds is 8. The first-order chi connectivity index (χ1) is 14.6. The lowest BCUT2D eigenvalue weighted by atomic mass is 10.1. The van der Waals surface area contributed by atoms with E-state index in [0.717, 1.165) is 23.7 Å². The molecule has 0 unspecified atom stereocenters. The zero-order chi connectivity index (χ0) is 21.3. The molecule has 152 valence electrons. The molecule has 1 amide bonds. The van der Waals surface area contributed by atoms with Crippen molar-refractivity contribution in [2.75, 3.05) is 19.4 Å². The number of hydrogen-bond donors (Lipinski definition) is 2. The molecular weight excluding hydrogens is 400 g/mol. The maximum absolute atomic E-state index is 12.3. The van der Waals surface area contributed by atoms with Gasteiger partial charge in [0.05, 0.1) is 18.6 Å². The van der Waals surface area contributed by atoms with Crippen LogP contribution in [-0.4, -0.2) is 35.3 Å². The van der Waals surface area contributed by atoms with E-state index in [0.29, 0.717) is 17.9 Å². The number of carbonyl (C=O) groups is 1. The number of nitrogens with one attached hydrogen (secondary N) is 2. The Bertz CT molecular complexity index is 1110. The molecule has 0 saturated carbocycles. The fourth-order valence-electron chi connectivity index (χ4n) is 2.76. The van der Waals surface area contributed by atoms with Crippen LogP contribution in [0.15, 0.2) is 64.5 Å². The summed E-state index contributed by atoms with van der Waals surface area (Å²) in [6.45, 7) is 0.526. The minimum atomic E-state index is -0.537. The topological polar surface area (TPSA) is 108 Å². The van der Waals surface area contributed by atoms with Crippen LogP contribution in [0.3, 0.4) is 0 Å². The third-order valence-electron chi connectivity index (χ3n) is 4.29. The molecule has 0 atom stereocenters. The van der Waals surface area contributed by atoms with Crippen LogP contribution in [0, 0.1) is 11.3 Å². The number of hydrogen-bond acceptors (Lipinski definition) is 6. The predicted octanol–water partition coefficient (Wildman–Crippen LogP) is 2.77. The van der Waals surface area contributed by atoms with Crippen LogP contribution < -0.4 is 15.6 Å². The number of nitrogens with zero attached hydrogens (tertiary/aromatic N) is 2. The van der Waals surface area contributed by atoms with Gasteiger partial charge in [-0.3, -0.25) is 9.59 Å². The number of aromatic amines is 1. The number of methoxy groups -OCH3 is 1. The molecule has 0 aliphatic heterocycles. The Morgan fingerprint density at radius 2 is 1.93 bits per heavy atom. The number of nitriles is 1. The average Bonchev–Trinajstić information content (AvgIpc) is 2.78. The quantitative estimate of drug-likeness (QED) is 0.429. The van der Waals surface area contributed by atoms with Crippen LogP contribution in [0.25, 0.3) is 11.3 Å². The van der Waals surface area contributed by atoms with Crippen LogP contribution in [0.5, 0.6) is 5.75 Å². The van der Waals surface area contributed by atoms with Gasteiger partial charge in [0.1, 0.15) is 17.4 Å². The molecule has 3 aromatic rings. The Morgan fingerprint density at radius 1 is 1.20 bits per heavy atom. The lowest BCUT2D eigenvalue weighted by Crippen LogP contribution is -2.27. The van der Waals surface area contributed by atoms with Crippen LogP contribution in [-0.2, 0) is 11.2 Å². The first-order valence-electron chi connectivity index (χ1n) is 9.23. The number of thioether (sulfide) groups is 1. The molecule has 0 aliphatic carbocycles. The Balaban J connectivity index is 1.65. The third-order valence-corrected chi connectivity index (χ3v) is 5.16. The molecule has 1 aromatic heterocycles. The summed E-state index contributed by atoms with van der Waals surface area (Å²) in [6.07, 6.45) is 0.741. The Kier molecular flexibility index (Phi) is 7.24. The van der Waals surface area contributed by atoms with Crippen LogP contribution in [0.2, 0.25) is 0 Å². The highest BCUT2D eigenvalue weighted by atomic mass is 32.2. The molecule has 0 spiro atoms. The number of ether oxygens (including phenoxy) is 1. The maximum atomic E-state index is 12.3. The van der Waals surface area contributed by atoms with Gasteiger partial charge in [0.15, 0.2) is 5.16 Å². The van der Waals surface area contributed by atoms with Crippen molar-refractivity contribution in [3.63, 3.8) is 0 Å². The van der Waals surface area contributed by atoms with Crippen molar-refractivity contribution in [3.05, 3.63) is 76.1 Å². The van der Waals surface area contributed by atoms with Crippen molar-refractivity contribution in [3.8, 4) is 23.1 Å². The van der Waals surface area contributed by atoms with Crippen molar-refractivity contribution in [1.29, 1.82) is 5.26 Å². The van der Waals surface area contributed by atoms with Gasteiger partial charge in [-0.1, -0.05) is 42.1 Å². The van der Waals surface area contributed by atoms with Crippen molar-refractivity contribution in [2.45, 2.75) is 11.6 Å². The summed E-state index contributed by atoms with van der Waals surface area (Å²) in [5, 5.41) is 12.5. The summed E-state index contributed by atoms with van der Waals surface area (Å²) in [6, 6.07) is 18.7. The SMILES string of the molecule is COc1ccc(-c2nc(SCC(=O)NCCc3ccccc3)[nH]c(=O)c2C#N)cc1. The molecule has 0 radical (unpaired) electrons. The molecule has 2 aromatic carbocycles. The van der Waals surface area contributed by atoms with Gasteiger partial charge in [-0.2, -0.15) is 5.26 Å². The van der Waals surface area contributed by atoms with E-state index in [9.17, 15) is 14.9 Å². The molecule has 7 nitrogen and oxygen atoms in total. The maximum Gasteiger partial charge on any atom is 0.270 e. The minimum Gasteiger partial charge on any atom is -0.497 e. The highest BCUT2D eigenvalue weighted by Crippen LogP contribution is 2.24. The largest absolute Gasteiger partial charge is 0.497 e. The van der Waals surface area contributed by atoms with Crippen LogP contribution >= 0.6 is 11.8 Å². The van der Waals surface area contributed by atoms with Crippen molar-refractivity contribution in [2.24, 2.45) is 0 Å². The molecule has 8 heteroatoms. The van der Waals surface area contributed by atoms with Crippen molar-refractivity contribution >= 4 is 17.7 Å². The van der Waals surface area contributed by atoms with Crippen LogP contribution in [0.4, 0.5) is 0 Å². The van der Waals surface area contributed by atoms with E-state index >= 15 is 0 Å². The number of carbonyl (C=O) groups excluding carboxylic acids is 1. The zero-order valence-electron chi connectivity index (χ0n) is 16.3. The zero-order valence-corrected chi connectivity index (χ0v) is 17.2. The standard InChI is InChI=1S/C22H20N4O3S/c1-29-17-9-7-16(8-10-17)20-18(13-23)21(28)26-22(25-20)30-14-19(27)24-12-11-15-5-3-2-4-6-15/h2-10H,11-12,14H2,1H3,(H,24,27)(H,25,26,28). The molecule has 0 fully saturated rings. The molecule has 0 saturated heterocycles. The van der Waals surface area contributed by atoms with Crippen molar-refractivity contribution < 1.29 is 9.53 Å². The summed E-state index contributed by atoms with van der Waals surface area (Å²) >= 11 is 1.11. The van der Waals surface area contributed by atoms with Gasteiger partial charge in [0, 0.05) is 12.1 Å². The molecule has 30 heavy (non-hydrogen) atoms. The molecular formula is C22H20N4O3S. The number of H-pyrrole nitrogens is 1. The van der Waals surface area contributed by atoms with Gasteiger partial charge in [-0.25, -0.2) is 4.98 Å². The first kappa shape index (κ1) is 21.1. The fraction of sp³-hybridized carbons (Fsp3) is 0.182. The molecule has 0 aliphatic rings. The van der Waals surface area contributed by atoms with Crippen molar-refractivity contribution in [1.82, 2.24) is 15.3 Å². The highest BCUT2D eigenvalue weighted by molar-refractivity contribution is 7.99. The summed E-state index contributed by atoms with van der Waals surface area (Å²) in [4.78, 5) is 31.4. The third kappa shape index (κ3) is 5.49.